The van der Waals surface area contributed by atoms with Gasteiger partial charge in [0.2, 0.25) is 0 Å². The molecule has 116 valence electrons. The summed E-state index contributed by atoms with van der Waals surface area (Å²) in [4.78, 5) is 13.8. The molecule has 0 radical (unpaired) electrons. The molecule has 1 aromatic carbocycles. The fourth-order valence-corrected chi connectivity index (χ4v) is 2.13. The molecule has 0 aliphatic rings. The Morgan fingerprint density at radius 2 is 1.77 bits per heavy atom. The van der Waals surface area contributed by atoms with Crippen molar-refractivity contribution in [3.63, 3.8) is 0 Å². The van der Waals surface area contributed by atoms with Gasteiger partial charge in [0.1, 0.15) is 5.82 Å². The van der Waals surface area contributed by atoms with Crippen LogP contribution in [0.2, 0.25) is 5.02 Å². The van der Waals surface area contributed by atoms with E-state index in [9.17, 15) is 4.79 Å². The van der Waals surface area contributed by atoms with Crippen LogP contribution in [0.1, 0.15) is 29.9 Å². The summed E-state index contributed by atoms with van der Waals surface area (Å²) in [6, 6.07) is 11.0. The Hall–Kier alpha value is -2.14. The quantitative estimate of drug-likeness (QED) is 0.888. The van der Waals surface area contributed by atoms with Crippen LogP contribution in [0.15, 0.2) is 36.4 Å². The molecule has 0 atom stereocenters. The van der Waals surface area contributed by atoms with Crippen molar-refractivity contribution < 1.29 is 4.79 Å². The highest BCUT2D eigenvalue weighted by molar-refractivity contribution is 6.30. The molecule has 2 aromatic rings. The molecule has 0 fully saturated rings. The fraction of sp³-hybridized carbons (Fsp3) is 0.312. The summed E-state index contributed by atoms with van der Waals surface area (Å²) in [5, 5.41) is 11.9. The number of halogens is 1. The smallest absolute Gasteiger partial charge is 0.274 e. The third-order valence-electron chi connectivity index (χ3n) is 3.32. The first-order valence-corrected chi connectivity index (χ1v) is 7.63. The minimum absolute atomic E-state index is 0.0956. The van der Waals surface area contributed by atoms with Gasteiger partial charge in [0.05, 0.1) is 0 Å². The van der Waals surface area contributed by atoms with Crippen molar-refractivity contribution in [2.24, 2.45) is 0 Å². The van der Waals surface area contributed by atoms with Gasteiger partial charge in [-0.05, 0) is 43.7 Å². The van der Waals surface area contributed by atoms with E-state index in [1.807, 2.05) is 38.1 Å². The van der Waals surface area contributed by atoms with Crippen LogP contribution in [0.25, 0.3) is 0 Å². The van der Waals surface area contributed by atoms with Gasteiger partial charge in [0.15, 0.2) is 5.69 Å². The van der Waals surface area contributed by atoms with Crippen molar-refractivity contribution in [3.05, 3.63) is 52.7 Å². The van der Waals surface area contributed by atoms with Gasteiger partial charge in [-0.2, -0.15) is 0 Å². The number of carbonyl (C=O) groups excluding carboxylic acids is 1. The lowest BCUT2D eigenvalue weighted by Gasteiger charge is -2.17. The lowest BCUT2D eigenvalue weighted by molar-refractivity contribution is 0.0766. The molecule has 0 unspecified atom stereocenters. The van der Waals surface area contributed by atoms with Gasteiger partial charge in [-0.25, -0.2) is 0 Å². The summed E-state index contributed by atoms with van der Waals surface area (Å²) in [5.41, 5.74) is 1.45. The second-order valence-corrected chi connectivity index (χ2v) is 5.20. The lowest BCUT2D eigenvalue weighted by Crippen LogP contribution is -2.31. The molecule has 22 heavy (non-hydrogen) atoms. The van der Waals surface area contributed by atoms with Gasteiger partial charge in [-0.1, -0.05) is 23.7 Å². The first kappa shape index (κ1) is 16.2. The molecule has 0 saturated carbocycles. The molecule has 5 nitrogen and oxygen atoms in total. The summed E-state index contributed by atoms with van der Waals surface area (Å²) in [7, 11) is 0. The third-order valence-corrected chi connectivity index (χ3v) is 3.57. The van der Waals surface area contributed by atoms with Crippen LogP contribution >= 0.6 is 11.6 Å². The molecule has 1 heterocycles. The third kappa shape index (κ3) is 4.18. The van der Waals surface area contributed by atoms with Gasteiger partial charge in [0.25, 0.3) is 5.91 Å². The summed E-state index contributed by atoms with van der Waals surface area (Å²) in [6.07, 6.45) is 0. The molecule has 1 N–H and O–H groups in total. The molecule has 0 saturated heterocycles. The van der Waals surface area contributed by atoms with Crippen molar-refractivity contribution in [3.8, 4) is 0 Å². The Labute approximate surface area is 135 Å². The molecular weight excluding hydrogens is 300 g/mol. The summed E-state index contributed by atoms with van der Waals surface area (Å²) in [6.45, 7) is 5.82. The van der Waals surface area contributed by atoms with Gasteiger partial charge in [0, 0.05) is 24.7 Å². The predicted octanol–water partition coefficient (Wildman–Crippen LogP) is 3.22. The van der Waals surface area contributed by atoms with Crippen LogP contribution < -0.4 is 5.32 Å². The molecule has 0 aliphatic heterocycles. The van der Waals surface area contributed by atoms with E-state index in [1.54, 1.807) is 17.0 Å². The van der Waals surface area contributed by atoms with E-state index in [0.717, 1.165) is 5.56 Å². The zero-order chi connectivity index (χ0) is 15.9. The Balaban J connectivity index is 1.97. The highest BCUT2D eigenvalue weighted by atomic mass is 35.5. The van der Waals surface area contributed by atoms with E-state index in [0.29, 0.717) is 36.2 Å². The molecule has 1 aromatic heterocycles. The van der Waals surface area contributed by atoms with E-state index >= 15 is 0 Å². The molecule has 1 amide bonds. The predicted molar refractivity (Wildman–Crippen MR) is 88.1 cm³/mol. The number of nitrogens with one attached hydrogen (secondary N) is 1. The Bertz CT molecular complexity index is 609. The standard InChI is InChI=1S/C16H19ClN4O/c1-3-21(4-2)16(22)14-9-10-15(20-19-14)18-11-12-5-7-13(17)8-6-12/h5-10H,3-4,11H2,1-2H3,(H,18,20). The van der Waals surface area contributed by atoms with Gasteiger partial charge in [-0.15, -0.1) is 10.2 Å². The summed E-state index contributed by atoms with van der Waals surface area (Å²) >= 11 is 5.85. The summed E-state index contributed by atoms with van der Waals surface area (Å²) < 4.78 is 0. The molecule has 0 spiro atoms. The topological polar surface area (TPSA) is 58.1 Å². The second-order valence-electron chi connectivity index (χ2n) is 4.76. The number of carbonyl (C=O) groups is 1. The fourth-order valence-electron chi connectivity index (χ4n) is 2.01. The van der Waals surface area contributed by atoms with Gasteiger partial charge in [-0.3, -0.25) is 4.79 Å². The Morgan fingerprint density at radius 1 is 1.09 bits per heavy atom. The van der Waals surface area contributed by atoms with Crippen LogP contribution in [0.5, 0.6) is 0 Å². The Kier molecular flexibility index (Phi) is 5.72. The van der Waals surface area contributed by atoms with Crippen LogP contribution in [0.3, 0.4) is 0 Å². The average molecular weight is 319 g/mol. The maximum Gasteiger partial charge on any atom is 0.274 e. The molecule has 0 aliphatic carbocycles. The molecule has 0 bridgehead atoms. The first-order valence-electron chi connectivity index (χ1n) is 7.25. The highest BCUT2D eigenvalue weighted by Crippen LogP contribution is 2.11. The zero-order valence-corrected chi connectivity index (χ0v) is 13.5. The summed E-state index contributed by atoms with van der Waals surface area (Å²) in [5.74, 6) is 0.535. The average Bonchev–Trinajstić information content (AvgIpc) is 2.56. The van der Waals surface area contributed by atoms with Crippen LogP contribution in [0.4, 0.5) is 5.82 Å². The molecule has 2 rings (SSSR count). The Morgan fingerprint density at radius 3 is 2.32 bits per heavy atom. The zero-order valence-electron chi connectivity index (χ0n) is 12.7. The number of hydrogen-bond acceptors (Lipinski definition) is 4. The minimum atomic E-state index is -0.0956. The monoisotopic (exact) mass is 318 g/mol. The van der Waals surface area contributed by atoms with Crippen LogP contribution in [0, 0.1) is 0 Å². The number of rotatable bonds is 6. The van der Waals surface area contributed by atoms with E-state index < -0.39 is 0 Å². The first-order chi connectivity index (χ1) is 10.6. The number of aromatic nitrogens is 2. The van der Waals surface area contributed by atoms with Crippen molar-refractivity contribution in [2.75, 3.05) is 18.4 Å². The molecule has 6 heteroatoms. The number of anilines is 1. The second kappa shape index (κ2) is 7.75. The maximum absolute atomic E-state index is 12.1. The van der Waals surface area contributed by atoms with E-state index in [1.165, 1.54) is 0 Å². The van der Waals surface area contributed by atoms with E-state index in [-0.39, 0.29) is 5.91 Å². The van der Waals surface area contributed by atoms with Crippen molar-refractivity contribution in [1.82, 2.24) is 15.1 Å². The number of nitrogens with zero attached hydrogens (tertiary/aromatic N) is 3. The van der Waals surface area contributed by atoms with E-state index in [4.69, 9.17) is 11.6 Å². The van der Waals surface area contributed by atoms with Crippen molar-refractivity contribution in [2.45, 2.75) is 20.4 Å². The normalized spacial score (nSPS) is 10.3. The number of hydrogen-bond donors (Lipinski definition) is 1. The van der Waals surface area contributed by atoms with Crippen molar-refractivity contribution in [1.29, 1.82) is 0 Å². The number of amides is 1. The van der Waals surface area contributed by atoms with Gasteiger partial charge < -0.3 is 10.2 Å². The largest absolute Gasteiger partial charge is 0.365 e. The maximum atomic E-state index is 12.1. The lowest BCUT2D eigenvalue weighted by atomic mass is 10.2. The number of benzene rings is 1. The SMILES string of the molecule is CCN(CC)C(=O)c1ccc(NCc2ccc(Cl)cc2)nn1. The minimum Gasteiger partial charge on any atom is -0.365 e. The van der Waals surface area contributed by atoms with Crippen LogP contribution in [-0.2, 0) is 6.54 Å². The van der Waals surface area contributed by atoms with Crippen LogP contribution in [-0.4, -0.2) is 34.1 Å². The highest BCUT2D eigenvalue weighted by Gasteiger charge is 2.14. The molecular formula is C16H19ClN4O. The van der Waals surface area contributed by atoms with Crippen molar-refractivity contribution >= 4 is 23.3 Å². The van der Waals surface area contributed by atoms with Gasteiger partial charge >= 0.3 is 0 Å². The van der Waals surface area contributed by atoms with E-state index in [2.05, 4.69) is 15.5 Å².